The van der Waals surface area contributed by atoms with Crippen molar-refractivity contribution in [3.05, 3.63) is 45.7 Å². The molecule has 114 valence electrons. The minimum absolute atomic E-state index is 0.489. The van der Waals surface area contributed by atoms with Crippen LogP contribution in [-0.4, -0.2) is 25.3 Å². The van der Waals surface area contributed by atoms with E-state index >= 15 is 0 Å². The summed E-state index contributed by atoms with van der Waals surface area (Å²) >= 11 is 12.2. The van der Waals surface area contributed by atoms with Crippen LogP contribution in [-0.2, 0) is 0 Å². The first kappa shape index (κ1) is 15.0. The molecule has 0 aliphatic carbocycles. The summed E-state index contributed by atoms with van der Waals surface area (Å²) in [5.41, 5.74) is 1.57. The molecule has 0 spiro atoms. The number of hydrogen-bond donors (Lipinski definition) is 0. The minimum Gasteiger partial charge on any atom is -0.493 e. The molecule has 1 aliphatic heterocycles. The first-order valence-electron chi connectivity index (χ1n) is 6.64. The summed E-state index contributed by atoms with van der Waals surface area (Å²) in [6, 6.07) is 3.73. The van der Waals surface area contributed by atoms with E-state index < -0.39 is 0 Å². The predicted octanol–water partition coefficient (Wildman–Crippen LogP) is 4.34. The number of methoxy groups -OCH3 is 1. The van der Waals surface area contributed by atoms with Crippen molar-refractivity contribution in [3.63, 3.8) is 0 Å². The van der Waals surface area contributed by atoms with Gasteiger partial charge in [-0.3, -0.25) is 4.98 Å². The summed E-state index contributed by atoms with van der Waals surface area (Å²) in [6.07, 6.45) is 6.80. The Morgan fingerprint density at radius 1 is 1.05 bits per heavy atom. The first-order chi connectivity index (χ1) is 10.7. The van der Waals surface area contributed by atoms with Crippen LogP contribution in [0.15, 0.2) is 24.5 Å². The van der Waals surface area contributed by atoms with Crippen LogP contribution in [0, 0.1) is 0 Å². The normalized spacial score (nSPS) is 13.4. The maximum absolute atomic E-state index is 6.11. The zero-order valence-electron chi connectivity index (χ0n) is 11.8. The Hall–Kier alpha value is -1.91. The number of aromatic nitrogens is 1. The molecular weight excluding hydrogens is 325 g/mol. The van der Waals surface area contributed by atoms with Crippen LogP contribution >= 0.6 is 23.2 Å². The lowest BCUT2D eigenvalue weighted by molar-refractivity contribution is 0.165. The van der Waals surface area contributed by atoms with Gasteiger partial charge in [0.1, 0.15) is 13.2 Å². The molecule has 0 bridgehead atoms. The molecule has 22 heavy (non-hydrogen) atoms. The fourth-order valence-electron chi connectivity index (χ4n) is 2.18. The third-order valence-electron chi connectivity index (χ3n) is 3.22. The van der Waals surface area contributed by atoms with E-state index in [-0.39, 0.29) is 0 Å². The van der Waals surface area contributed by atoms with Crippen LogP contribution in [0.2, 0.25) is 10.0 Å². The molecule has 6 heteroatoms. The summed E-state index contributed by atoms with van der Waals surface area (Å²) in [7, 11) is 1.60. The summed E-state index contributed by atoms with van der Waals surface area (Å²) in [6.45, 7) is 0.996. The Balaban J connectivity index is 2.01. The van der Waals surface area contributed by atoms with Gasteiger partial charge in [0.2, 0.25) is 5.75 Å². The zero-order chi connectivity index (χ0) is 15.5. The molecule has 0 saturated heterocycles. The summed E-state index contributed by atoms with van der Waals surface area (Å²) < 4.78 is 16.6. The van der Waals surface area contributed by atoms with Crippen LogP contribution in [0.5, 0.6) is 17.2 Å². The van der Waals surface area contributed by atoms with Gasteiger partial charge in [-0.15, -0.1) is 0 Å². The van der Waals surface area contributed by atoms with Crippen molar-refractivity contribution in [2.45, 2.75) is 0 Å². The number of nitrogens with zero attached hydrogens (tertiary/aromatic N) is 1. The zero-order valence-corrected chi connectivity index (χ0v) is 13.3. The molecule has 1 aliphatic rings. The highest BCUT2D eigenvalue weighted by Crippen LogP contribution is 2.42. The van der Waals surface area contributed by atoms with Crippen molar-refractivity contribution >= 4 is 35.4 Å². The lowest BCUT2D eigenvalue weighted by Crippen LogP contribution is -2.16. The van der Waals surface area contributed by atoms with Crippen molar-refractivity contribution in [2.75, 3.05) is 20.3 Å². The highest BCUT2D eigenvalue weighted by molar-refractivity contribution is 6.37. The Morgan fingerprint density at radius 2 is 1.73 bits per heavy atom. The molecule has 0 unspecified atom stereocenters. The van der Waals surface area contributed by atoms with Crippen LogP contribution in [0.1, 0.15) is 11.1 Å². The lowest BCUT2D eigenvalue weighted by atomic mass is 10.1. The predicted molar refractivity (Wildman–Crippen MR) is 87.2 cm³/mol. The monoisotopic (exact) mass is 337 g/mol. The van der Waals surface area contributed by atoms with E-state index in [2.05, 4.69) is 4.98 Å². The molecule has 3 rings (SSSR count). The molecule has 0 amide bonds. The van der Waals surface area contributed by atoms with E-state index in [4.69, 9.17) is 37.4 Å². The number of rotatable bonds is 3. The lowest BCUT2D eigenvalue weighted by Gasteiger charge is -2.22. The second-order valence-electron chi connectivity index (χ2n) is 4.56. The highest BCUT2D eigenvalue weighted by Gasteiger charge is 2.19. The quantitative estimate of drug-likeness (QED) is 0.835. The average Bonchev–Trinajstić information content (AvgIpc) is 2.54. The van der Waals surface area contributed by atoms with E-state index in [9.17, 15) is 0 Å². The Labute approximate surface area is 138 Å². The number of halogens is 2. The molecule has 4 nitrogen and oxygen atoms in total. The third-order valence-corrected chi connectivity index (χ3v) is 3.82. The molecule has 2 heterocycles. The largest absolute Gasteiger partial charge is 0.493 e. The fourth-order valence-corrected chi connectivity index (χ4v) is 2.67. The molecule has 2 aromatic rings. The van der Waals surface area contributed by atoms with E-state index in [1.54, 1.807) is 19.5 Å². The summed E-state index contributed by atoms with van der Waals surface area (Å²) in [5, 5.41) is 0.978. The van der Waals surface area contributed by atoms with Gasteiger partial charge in [-0.05, 0) is 12.1 Å². The van der Waals surface area contributed by atoms with Crippen LogP contribution in [0.4, 0.5) is 0 Å². The van der Waals surface area contributed by atoms with Gasteiger partial charge in [-0.2, -0.15) is 0 Å². The van der Waals surface area contributed by atoms with E-state index in [0.29, 0.717) is 46.1 Å². The van der Waals surface area contributed by atoms with Crippen LogP contribution in [0.3, 0.4) is 0 Å². The van der Waals surface area contributed by atoms with Crippen molar-refractivity contribution in [1.82, 2.24) is 4.98 Å². The summed E-state index contributed by atoms with van der Waals surface area (Å²) in [4.78, 5) is 3.93. The standard InChI is InChI=1S/C16H13Cl2NO3/c1-20-14-5-3-10(15-16(14)22-7-6-21-15)2-4-11-12(17)8-19-9-13(11)18/h2-5,8-9H,6-7H2,1H3/b4-2+. The van der Waals surface area contributed by atoms with E-state index in [1.807, 2.05) is 24.3 Å². The second kappa shape index (κ2) is 6.46. The molecule has 1 aromatic carbocycles. The number of fused-ring (bicyclic) bond motifs is 1. The van der Waals surface area contributed by atoms with Gasteiger partial charge in [0.25, 0.3) is 0 Å². The molecule has 0 radical (unpaired) electrons. The van der Waals surface area contributed by atoms with E-state index in [0.717, 1.165) is 5.56 Å². The highest BCUT2D eigenvalue weighted by atomic mass is 35.5. The topological polar surface area (TPSA) is 40.6 Å². The average molecular weight is 338 g/mol. The first-order valence-corrected chi connectivity index (χ1v) is 7.40. The molecule has 1 aromatic heterocycles. The SMILES string of the molecule is COc1ccc(/C=C/c2c(Cl)cncc2Cl)c2c1OCCO2. The molecule has 0 atom stereocenters. The summed E-state index contributed by atoms with van der Waals surface area (Å²) in [5.74, 6) is 1.91. The fraction of sp³-hybridized carbons (Fsp3) is 0.188. The van der Waals surface area contributed by atoms with Gasteiger partial charge < -0.3 is 14.2 Å². The van der Waals surface area contributed by atoms with Gasteiger partial charge in [0.15, 0.2) is 11.5 Å². The number of ether oxygens (including phenoxy) is 3. The van der Waals surface area contributed by atoms with Crippen LogP contribution in [0.25, 0.3) is 12.2 Å². The number of benzene rings is 1. The molecule has 0 fully saturated rings. The van der Waals surface area contributed by atoms with Crippen molar-refractivity contribution in [1.29, 1.82) is 0 Å². The maximum Gasteiger partial charge on any atom is 0.204 e. The van der Waals surface area contributed by atoms with Crippen molar-refractivity contribution in [3.8, 4) is 17.2 Å². The Bertz CT molecular complexity index is 711. The minimum atomic E-state index is 0.489. The van der Waals surface area contributed by atoms with Crippen LogP contribution < -0.4 is 14.2 Å². The maximum atomic E-state index is 6.11. The molecule has 0 N–H and O–H groups in total. The third kappa shape index (κ3) is 2.85. The van der Waals surface area contributed by atoms with E-state index in [1.165, 1.54) is 0 Å². The molecule has 0 saturated carbocycles. The van der Waals surface area contributed by atoms with Gasteiger partial charge in [0, 0.05) is 23.5 Å². The van der Waals surface area contributed by atoms with Gasteiger partial charge in [-0.25, -0.2) is 0 Å². The second-order valence-corrected chi connectivity index (χ2v) is 5.38. The molecular formula is C16H13Cl2NO3. The van der Waals surface area contributed by atoms with Crippen molar-refractivity contribution in [2.24, 2.45) is 0 Å². The van der Waals surface area contributed by atoms with Gasteiger partial charge >= 0.3 is 0 Å². The smallest absolute Gasteiger partial charge is 0.204 e. The van der Waals surface area contributed by atoms with Crippen molar-refractivity contribution < 1.29 is 14.2 Å². The Morgan fingerprint density at radius 3 is 2.41 bits per heavy atom. The Kier molecular flexibility index (Phi) is 4.41. The van der Waals surface area contributed by atoms with Gasteiger partial charge in [0.05, 0.1) is 17.2 Å². The number of pyridine rings is 1. The van der Waals surface area contributed by atoms with Gasteiger partial charge in [-0.1, -0.05) is 35.4 Å². The number of hydrogen-bond acceptors (Lipinski definition) is 4.